The Morgan fingerprint density at radius 2 is 1.81 bits per heavy atom. The predicted molar refractivity (Wildman–Crippen MR) is 94.5 cm³/mol. The molecule has 0 radical (unpaired) electrons. The molecule has 0 bridgehead atoms. The summed E-state index contributed by atoms with van der Waals surface area (Å²) >= 11 is 12.9. The zero-order chi connectivity index (χ0) is 15.1. The number of amides is 1. The van der Waals surface area contributed by atoms with Gasteiger partial charge in [-0.2, -0.15) is 0 Å². The molecule has 1 aliphatic rings. The van der Waals surface area contributed by atoms with Crippen molar-refractivity contribution in [3.63, 3.8) is 0 Å². The second kappa shape index (κ2) is 5.59. The number of nitrogens with one attached hydrogen (secondary N) is 1. The predicted octanol–water partition coefficient (Wildman–Crippen LogP) is 5.67. The molecule has 0 saturated carbocycles. The normalized spacial score (nSPS) is 15.2. The fourth-order valence-corrected chi connectivity index (χ4v) is 3.72. The molecule has 3 rings (SSSR count). The van der Waals surface area contributed by atoms with Crippen LogP contribution in [0, 0.1) is 6.92 Å². The summed E-state index contributed by atoms with van der Waals surface area (Å²) in [5.74, 6) is -0.0955. The van der Waals surface area contributed by atoms with E-state index in [1.54, 1.807) is 0 Å². The van der Waals surface area contributed by atoms with Crippen molar-refractivity contribution >= 4 is 66.7 Å². The molecule has 1 amide bonds. The van der Waals surface area contributed by atoms with Gasteiger partial charge < -0.3 is 5.32 Å². The average Bonchev–Trinajstić information content (AvgIpc) is 2.77. The maximum absolute atomic E-state index is 12.3. The van der Waals surface area contributed by atoms with Gasteiger partial charge in [-0.25, -0.2) is 0 Å². The Morgan fingerprint density at radius 1 is 1.14 bits per heavy atom. The second-order valence-corrected chi connectivity index (χ2v) is 6.92. The first-order valence-electron chi connectivity index (χ1n) is 6.25. The van der Waals surface area contributed by atoms with Gasteiger partial charge in [0.1, 0.15) is 0 Å². The van der Waals surface area contributed by atoms with Gasteiger partial charge in [-0.05, 0) is 58.3 Å². The van der Waals surface area contributed by atoms with E-state index < -0.39 is 0 Å². The zero-order valence-electron chi connectivity index (χ0n) is 11.0. The molecule has 0 fully saturated rings. The molecule has 0 aliphatic carbocycles. The van der Waals surface area contributed by atoms with Gasteiger partial charge in [-0.3, -0.25) is 4.79 Å². The first-order valence-corrected chi connectivity index (χ1v) is 8.21. The van der Waals surface area contributed by atoms with Crippen LogP contribution in [0.4, 0.5) is 5.69 Å². The van der Waals surface area contributed by atoms with E-state index >= 15 is 0 Å². The van der Waals surface area contributed by atoms with E-state index in [0.29, 0.717) is 10.6 Å². The summed E-state index contributed by atoms with van der Waals surface area (Å²) in [6, 6.07) is 9.35. The molecule has 0 atom stereocenters. The highest BCUT2D eigenvalue weighted by molar-refractivity contribution is 9.11. The number of benzene rings is 2. The first kappa shape index (κ1) is 14.8. The fraction of sp³-hybridized carbons (Fsp3) is 0.0625. The molecule has 2 aromatic rings. The summed E-state index contributed by atoms with van der Waals surface area (Å²) in [5, 5.41) is 3.59. The third-order valence-electron chi connectivity index (χ3n) is 3.41. The molecule has 2 nitrogen and oxygen atoms in total. The van der Waals surface area contributed by atoms with Crippen LogP contribution in [0.25, 0.3) is 11.6 Å². The Labute approximate surface area is 144 Å². The van der Waals surface area contributed by atoms with Gasteiger partial charge in [-0.15, -0.1) is 0 Å². The highest BCUT2D eigenvalue weighted by Gasteiger charge is 2.28. The molecule has 0 aromatic heterocycles. The summed E-state index contributed by atoms with van der Waals surface area (Å²) < 4.78 is 1.83. The Bertz CT molecular complexity index is 782. The van der Waals surface area contributed by atoms with Crippen molar-refractivity contribution in [2.45, 2.75) is 6.92 Å². The van der Waals surface area contributed by atoms with Crippen LogP contribution in [0.5, 0.6) is 0 Å². The van der Waals surface area contributed by atoms with Crippen LogP contribution in [0.1, 0.15) is 16.7 Å². The van der Waals surface area contributed by atoms with Crippen LogP contribution >= 0.6 is 43.5 Å². The lowest BCUT2D eigenvalue weighted by Gasteiger charge is -2.08. The average molecular weight is 428 g/mol. The molecule has 0 spiro atoms. The zero-order valence-corrected chi connectivity index (χ0v) is 14.9. The standard InChI is InChI=1S/C16H10Br2ClNO/c1-8-12(17)7-13(18)15-14(8)11(16(21)20-15)6-9-2-4-10(19)5-3-9/h2-7H,1H3,(H,20,21). The van der Waals surface area contributed by atoms with Crippen molar-refractivity contribution in [2.75, 3.05) is 5.32 Å². The third-order valence-corrected chi connectivity index (χ3v) is 5.11. The van der Waals surface area contributed by atoms with Gasteiger partial charge in [0, 0.05) is 25.1 Å². The van der Waals surface area contributed by atoms with E-state index in [0.717, 1.165) is 31.3 Å². The molecule has 1 aliphatic heterocycles. The quantitative estimate of drug-likeness (QED) is 0.584. The Morgan fingerprint density at radius 3 is 2.48 bits per heavy atom. The molecule has 106 valence electrons. The Kier molecular flexibility index (Phi) is 3.95. The van der Waals surface area contributed by atoms with Crippen LogP contribution in [0.2, 0.25) is 5.02 Å². The van der Waals surface area contributed by atoms with E-state index in [2.05, 4.69) is 37.2 Å². The Hall–Kier alpha value is -1.10. The minimum absolute atomic E-state index is 0.0955. The van der Waals surface area contributed by atoms with Crippen LogP contribution in [-0.2, 0) is 4.79 Å². The number of rotatable bonds is 1. The van der Waals surface area contributed by atoms with Crippen LogP contribution in [0.3, 0.4) is 0 Å². The van der Waals surface area contributed by atoms with Gasteiger partial charge in [0.05, 0.1) is 5.69 Å². The second-order valence-electron chi connectivity index (χ2n) is 4.78. The number of hydrogen-bond acceptors (Lipinski definition) is 1. The van der Waals surface area contributed by atoms with Crippen molar-refractivity contribution in [3.05, 3.63) is 61.0 Å². The van der Waals surface area contributed by atoms with Crippen LogP contribution < -0.4 is 5.32 Å². The van der Waals surface area contributed by atoms with E-state index in [9.17, 15) is 4.79 Å². The number of carbonyl (C=O) groups is 1. The van der Waals surface area contributed by atoms with Crippen LogP contribution in [-0.4, -0.2) is 5.91 Å². The fourth-order valence-electron chi connectivity index (χ4n) is 2.33. The number of anilines is 1. The maximum atomic E-state index is 12.3. The third kappa shape index (κ3) is 2.68. The van der Waals surface area contributed by atoms with Gasteiger partial charge in [-0.1, -0.05) is 39.7 Å². The van der Waals surface area contributed by atoms with Gasteiger partial charge in [0.2, 0.25) is 0 Å². The topological polar surface area (TPSA) is 29.1 Å². The van der Waals surface area contributed by atoms with E-state index in [1.165, 1.54) is 0 Å². The lowest BCUT2D eigenvalue weighted by Crippen LogP contribution is -2.03. The van der Waals surface area contributed by atoms with Crippen molar-refractivity contribution in [1.82, 2.24) is 0 Å². The van der Waals surface area contributed by atoms with Crippen molar-refractivity contribution in [3.8, 4) is 0 Å². The van der Waals surface area contributed by atoms with Gasteiger partial charge in [0.15, 0.2) is 0 Å². The highest BCUT2D eigenvalue weighted by Crippen LogP contribution is 2.43. The largest absolute Gasteiger partial charge is 0.320 e. The first-order chi connectivity index (χ1) is 9.97. The van der Waals surface area contributed by atoms with Crippen molar-refractivity contribution in [1.29, 1.82) is 0 Å². The summed E-state index contributed by atoms with van der Waals surface area (Å²) in [6.07, 6.45) is 1.88. The molecule has 1 heterocycles. The SMILES string of the molecule is Cc1c(Br)cc(Br)c2c1C(=Cc1ccc(Cl)cc1)C(=O)N2. The molecular formula is C16H10Br2ClNO. The summed E-state index contributed by atoms with van der Waals surface area (Å²) in [7, 11) is 0. The minimum Gasteiger partial charge on any atom is -0.320 e. The highest BCUT2D eigenvalue weighted by atomic mass is 79.9. The molecule has 21 heavy (non-hydrogen) atoms. The van der Waals surface area contributed by atoms with E-state index in [-0.39, 0.29) is 5.91 Å². The summed E-state index contributed by atoms with van der Waals surface area (Å²) in [6.45, 7) is 1.99. The number of carbonyl (C=O) groups excluding carboxylic acids is 1. The van der Waals surface area contributed by atoms with Crippen molar-refractivity contribution < 1.29 is 4.79 Å². The number of halogens is 3. The lowest BCUT2D eigenvalue weighted by atomic mass is 9.99. The monoisotopic (exact) mass is 425 g/mol. The smallest absolute Gasteiger partial charge is 0.256 e. The lowest BCUT2D eigenvalue weighted by molar-refractivity contribution is -0.110. The maximum Gasteiger partial charge on any atom is 0.256 e. The Balaban J connectivity index is 2.19. The van der Waals surface area contributed by atoms with Gasteiger partial charge in [0.25, 0.3) is 5.91 Å². The molecule has 1 N–H and O–H groups in total. The number of hydrogen-bond donors (Lipinski definition) is 1. The molecule has 2 aromatic carbocycles. The molecule has 0 saturated heterocycles. The van der Waals surface area contributed by atoms with E-state index in [1.807, 2.05) is 43.3 Å². The molecule has 5 heteroatoms. The van der Waals surface area contributed by atoms with Crippen molar-refractivity contribution in [2.24, 2.45) is 0 Å². The van der Waals surface area contributed by atoms with Crippen LogP contribution in [0.15, 0.2) is 39.3 Å². The van der Waals surface area contributed by atoms with Gasteiger partial charge >= 0.3 is 0 Å². The number of fused-ring (bicyclic) bond motifs is 1. The minimum atomic E-state index is -0.0955. The van der Waals surface area contributed by atoms with E-state index in [4.69, 9.17) is 11.6 Å². The summed E-state index contributed by atoms with van der Waals surface area (Å²) in [5.41, 5.74) is 4.38. The summed E-state index contributed by atoms with van der Waals surface area (Å²) in [4.78, 5) is 12.3. The molecular weight excluding hydrogens is 417 g/mol. The molecule has 0 unspecified atom stereocenters.